The Hall–Kier alpha value is -0.900. The number of fused-ring (bicyclic) bond motifs is 1. The number of imide groups is 1. The van der Waals surface area contributed by atoms with Crippen LogP contribution >= 0.6 is 0 Å². The van der Waals surface area contributed by atoms with Crippen LogP contribution in [-0.4, -0.2) is 35.8 Å². The molecule has 3 atom stereocenters. The molecule has 0 aromatic carbocycles. The summed E-state index contributed by atoms with van der Waals surface area (Å²) >= 11 is 0. The molecule has 4 nitrogen and oxygen atoms in total. The minimum atomic E-state index is -0.0520. The fourth-order valence-electron chi connectivity index (χ4n) is 4.55. The van der Waals surface area contributed by atoms with E-state index in [1.54, 1.807) is 0 Å². The molecule has 3 aliphatic rings. The maximum atomic E-state index is 12.2. The van der Waals surface area contributed by atoms with Gasteiger partial charge in [-0.05, 0) is 50.6 Å². The predicted octanol–water partition coefficient (Wildman–Crippen LogP) is 1.69. The zero-order valence-corrected chi connectivity index (χ0v) is 11.8. The summed E-state index contributed by atoms with van der Waals surface area (Å²) in [5, 5.41) is 2.55. The molecule has 3 rings (SSSR count). The normalized spacial score (nSPS) is 39.4. The molecule has 3 unspecified atom stereocenters. The lowest BCUT2D eigenvalue weighted by Gasteiger charge is -2.49. The quantitative estimate of drug-likeness (QED) is 0.772. The van der Waals surface area contributed by atoms with Crippen LogP contribution in [0.25, 0.3) is 0 Å². The van der Waals surface area contributed by atoms with Gasteiger partial charge in [-0.15, -0.1) is 0 Å². The van der Waals surface area contributed by atoms with Crippen LogP contribution in [0.1, 0.15) is 51.9 Å². The number of nitrogens with one attached hydrogen (secondary N) is 1. The van der Waals surface area contributed by atoms with Crippen LogP contribution in [0.4, 0.5) is 0 Å². The number of carbonyl (C=O) groups is 2. The van der Waals surface area contributed by atoms with Crippen molar-refractivity contribution in [2.75, 3.05) is 13.1 Å². The van der Waals surface area contributed by atoms with E-state index in [-0.39, 0.29) is 23.1 Å². The third-order valence-electron chi connectivity index (χ3n) is 5.45. The van der Waals surface area contributed by atoms with Gasteiger partial charge in [-0.1, -0.05) is 13.3 Å². The minimum Gasteiger partial charge on any atom is -0.300 e. The molecule has 3 saturated heterocycles. The first-order chi connectivity index (χ1) is 9.14. The summed E-state index contributed by atoms with van der Waals surface area (Å²) < 4.78 is 0. The van der Waals surface area contributed by atoms with E-state index >= 15 is 0 Å². The van der Waals surface area contributed by atoms with Crippen molar-refractivity contribution in [2.24, 2.45) is 11.3 Å². The molecular weight excluding hydrogens is 240 g/mol. The summed E-state index contributed by atoms with van der Waals surface area (Å²) in [7, 11) is 0. The van der Waals surface area contributed by atoms with Gasteiger partial charge in [-0.2, -0.15) is 0 Å². The summed E-state index contributed by atoms with van der Waals surface area (Å²) in [6.45, 7) is 4.41. The van der Waals surface area contributed by atoms with Crippen molar-refractivity contribution in [2.45, 2.75) is 57.9 Å². The number of nitrogens with zero attached hydrogens (tertiary/aromatic N) is 1. The first-order valence-electron chi connectivity index (χ1n) is 7.72. The van der Waals surface area contributed by atoms with E-state index in [0.29, 0.717) is 12.5 Å². The molecule has 0 bridgehead atoms. The van der Waals surface area contributed by atoms with E-state index in [1.807, 2.05) is 0 Å². The summed E-state index contributed by atoms with van der Waals surface area (Å²) in [6.07, 6.45) is 7.10. The van der Waals surface area contributed by atoms with Crippen LogP contribution in [-0.2, 0) is 9.59 Å². The zero-order valence-electron chi connectivity index (χ0n) is 11.8. The Balaban J connectivity index is 1.85. The first kappa shape index (κ1) is 13.1. The highest BCUT2D eigenvalue weighted by Crippen LogP contribution is 2.49. The topological polar surface area (TPSA) is 49.4 Å². The van der Waals surface area contributed by atoms with E-state index in [4.69, 9.17) is 0 Å². The number of hydrogen-bond donors (Lipinski definition) is 1. The van der Waals surface area contributed by atoms with E-state index in [9.17, 15) is 9.59 Å². The number of rotatable bonds is 2. The van der Waals surface area contributed by atoms with E-state index in [2.05, 4.69) is 17.1 Å². The average molecular weight is 264 g/mol. The van der Waals surface area contributed by atoms with Crippen LogP contribution in [0.2, 0.25) is 0 Å². The van der Waals surface area contributed by atoms with Crippen LogP contribution in [0.5, 0.6) is 0 Å². The molecule has 2 amide bonds. The number of hydrogen-bond acceptors (Lipinski definition) is 3. The maximum Gasteiger partial charge on any atom is 0.230 e. The van der Waals surface area contributed by atoms with E-state index < -0.39 is 0 Å². The van der Waals surface area contributed by atoms with Gasteiger partial charge < -0.3 is 4.90 Å². The van der Waals surface area contributed by atoms with Crippen LogP contribution in [0.3, 0.4) is 0 Å². The van der Waals surface area contributed by atoms with Gasteiger partial charge in [0.2, 0.25) is 11.8 Å². The fraction of sp³-hybridized carbons (Fsp3) is 0.867. The van der Waals surface area contributed by atoms with E-state index in [0.717, 1.165) is 32.2 Å². The number of piperidine rings is 2. The molecule has 0 aromatic heterocycles. The Morgan fingerprint density at radius 1 is 1.37 bits per heavy atom. The van der Waals surface area contributed by atoms with Crippen molar-refractivity contribution in [1.29, 1.82) is 0 Å². The third kappa shape index (κ3) is 2.20. The number of carbonyl (C=O) groups excluding carboxylic acids is 2. The lowest BCUT2D eigenvalue weighted by molar-refractivity contribution is -0.147. The molecule has 0 aromatic rings. The van der Waals surface area contributed by atoms with Crippen LogP contribution in [0.15, 0.2) is 0 Å². The maximum absolute atomic E-state index is 12.2. The average Bonchev–Trinajstić information content (AvgIpc) is 2.81. The smallest absolute Gasteiger partial charge is 0.230 e. The van der Waals surface area contributed by atoms with Crippen LogP contribution < -0.4 is 5.32 Å². The summed E-state index contributed by atoms with van der Waals surface area (Å²) in [6, 6.07) is 0.617. The minimum absolute atomic E-state index is 0.00968. The molecule has 1 spiro atoms. The highest BCUT2D eigenvalue weighted by molar-refractivity contribution is 5.99. The van der Waals surface area contributed by atoms with Crippen molar-refractivity contribution in [3.8, 4) is 0 Å². The third-order valence-corrected chi connectivity index (χ3v) is 5.45. The van der Waals surface area contributed by atoms with Gasteiger partial charge >= 0.3 is 0 Å². The molecule has 4 heteroatoms. The van der Waals surface area contributed by atoms with E-state index in [1.165, 1.54) is 19.4 Å². The van der Waals surface area contributed by atoms with Crippen LogP contribution in [0, 0.1) is 11.3 Å². The zero-order chi connectivity index (χ0) is 13.5. The van der Waals surface area contributed by atoms with Gasteiger partial charge in [0.1, 0.15) is 0 Å². The molecule has 106 valence electrons. The van der Waals surface area contributed by atoms with Gasteiger partial charge in [0.15, 0.2) is 0 Å². The lowest BCUT2D eigenvalue weighted by Crippen LogP contribution is -2.57. The Kier molecular flexibility index (Phi) is 3.37. The van der Waals surface area contributed by atoms with Gasteiger partial charge in [-0.3, -0.25) is 14.9 Å². The number of amides is 2. The molecule has 3 heterocycles. The Morgan fingerprint density at radius 2 is 2.21 bits per heavy atom. The second-order valence-corrected chi connectivity index (χ2v) is 6.58. The highest BCUT2D eigenvalue weighted by Gasteiger charge is 2.51. The molecule has 1 N–H and O–H groups in total. The van der Waals surface area contributed by atoms with Crippen molar-refractivity contribution in [3.63, 3.8) is 0 Å². The Morgan fingerprint density at radius 3 is 3.00 bits per heavy atom. The summed E-state index contributed by atoms with van der Waals surface area (Å²) in [5.41, 5.74) is -0.0407. The molecule has 19 heavy (non-hydrogen) atoms. The largest absolute Gasteiger partial charge is 0.300 e. The second-order valence-electron chi connectivity index (χ2n) is 6.58. The standard InChI is InChI=1S/C15H24N2O2/c1-2-4-12-14(19)16-13(18)10-15(12)6-8-17-7-3-5-11(17)9-15/h11-12H,2-10H2,1H3,(H,16,18,19). The molecule has 0 aliphatic carbocycles. The van der Waals surface area contributed by atoms with Gasteiger partial charge in [0, 0.05) is 18.4 Å². The summed E-state index contributed by atoms with van der Waals surface area (Å²) in [4.78, 5) is 26.6. The van der Waals surface area contributed by atoms with Crippen molar-refractivity contribution < 1.29 is 9.59 Å². The molecule has 3 aliphatic heterocycles. The first-order valence-corrected chi connectivity index (χ1v) is 7.72. The van der Waals surface area contributed by atoms with Crippen molar-refractivity contribution in [1.82, 2.24) is 10.2 Å². The summed E-state index contributed by atoms with van der Waals surface area (Å²) in [5.74, 6) is -0.00806. The Labute approximate surface area is 114 Å². The predicted molar refractivity (Wildman–Crippen MR) is 72.4 cm³/mol. The Bertz CT molecular complexity index is 396. The fourth-order valence-corrected chi connectivity index (χ4v) is 4.55. The van der Waals surface area contributed by atoms with Gasteiger partial charge in [-0.25, -0.2) is 0 Å². The van der Waals surface area contributed by atoms with Crippen molar-refractivity contribution >= 4 is 11.8 Å². The van der Waals surface area contributed by atoms with Gasteiger partial charge in [0.25, 0.3) is 0 Å². The molecule has 0 radical (unpaired) electrons. The monoisotopic (exact) mass is 264 g/mol. The molecule has 0 saturated carbocycles. The second kappa shape index (κ2) is 4.89. The molecular formula is C15H24N2O2. The van der Waals surface area contributed by atoms with Gasteiger partial charge in [0.05, 0.1) is 0 Å². The SMILES string of the molecule is CCCC1C(=O)NC(=O)CC12CCN1CCCC1C2. The highest BCUT2D eigenvalue weighted by atomic mass is 16.2. The molecule has 3 fully saturated rings. The lowest BCUT2D eigenvalue weighted by atomic mass is 9.61. The van der Waals surface area contributed by atoms with Crippen molar-refractivity contribution in [3.05, 3.63) is 0 Å².